The third kappa shape index (κ3) is 4.83. The molecule has 130 valence electrons. The zero-order chi connectivity index (χ0) is 17.4. The summed E-state index contributed by atoms with van der Waals surface area (Å²) in [5.74, 6) is 0. The Morgan fingerprint density at radius 3 is 1.91 bits per heavy atom. The molecular formula is C16H24Cl2N2O2S. The standard InChI is InChI=1S/C16H24Cl2N2O2S/c1-16(2,3)15-13(17)9-12(10-14(15)18)11-19-5-7-20(8-6-19)23(4,21)22/h9-10H,5-8,11H2,1-4H3. The zero-order valence-electron chi connectivity index (χ0n) is 14.1. The SMILES string of the molecule is CC(C)(C)c1c(Cl)cc(CN2CCN(S(C)(=O)=O)CC2)cc1Cl. The summed E-state index contributed by atoms with van der Waals surface area (Å²) in [4.78, 5) is 2.22. The number of piperazine rings is 1. The molecule has 0 saturated carbocycles. The molecule has 0 bridgehead atoms. The molecule has 23 heavy (non-hydrogen) atoms. The predicted octanol–water partition coefficient (Wildman–Crippen LogP) is 3.37. The minimum atomic E-state index is -3.09. The first-order valence-electron chi connectivity index (χ1n) is 7.64. The first-order valence-corrected chi connectivity index (χ1v) is 10.2. The van der Waals surface area contributed by atoms with Gasteiger partial charge in [0, 0.05) is 42.8 Å². The van der Waals surface area contributed by atoms with E-state index in [1.165, 1.54) is 10.6 Å². The normalized spacial score (nSPS) is 18.3. The van der Waals surface area contributed by atoms with Crippen LogP contribution in [0.25, 0.3) is 0 Å². The highest BCUT2D eigenvalue weighted by Gasteiger charge is 2.25. The highest BCUT2D eigenvalue weighted by molar-refractivity contribution is 7.88. The monoisotopic (exact) mass is 378 g/mol. The van der Waals surface area contributed by atoms with Crippen LogP contribution in [0.3, 0.4) is 0 Å². The van der Waals surface area contributed by atoms with E-state index in [0.29, 0.717) is 36.2 Å². The van der Waals surface area contributed by atoms with Gasteiger partial charge in [-0.05, 0) is 28.7 Å². The topological polar surface area (TPSA) is 40.6 Å². The van der Waals surface area contributed by atoms with Crippen molar-refractivity contribution in [2.75, 3.05) is 32.4 Å². The van der Waals surface area contributed by atoms with Crippen molar-refractivity contribution in [3.63, 3.8) is 0 Å². The summed E-state index contributed by atoms with van der Waals surface area (Å²) >= 11 is 12.9. The van der Waals surface area contributed by atoms with E-state index in [1.54, 1.807) is 0 Å². The van der Waals surface area contributed by atoms with Crippen LogP contribution in [0.15, 0.2) is 12.1 Å². The van der Waals surface area contributed by atoms with Crippen LogP contribution in [0.1, 0.15) is 31.9 Å². The number of rotatable bonds is 3. The average Bonchev–Trinajstić information content (AvgIpc) is 2.35. The molecule has 2 rings (SSSR count). The number of benzene rings is 1. The number of sulfonamides is 1. The van der Waals surface area contributed by atoms with Crippen molar-refractivity contribution >= 4 is 33.2 Å². The number of nitrogens with zero attached hydrogens (tertiary/aromatic N) is 2. The molecule has 1 aliphatic rings. The molecule has 1 saturated heterocycles. The number of hydrogen-bond donors (Lipinski definition) is 0. The quantitative estimate of drug-likeness (QED) is 0.809. The average molecular weight is 379 g/mol. The van der Waals surface area contributed by atoms with Gasteiger partial charge in [0.2, 0.25) is 10.0 Å². The number of halogens is 2. The van der Waals surface area contributed by atoms with Crippen LogP contribution in [0.5, 0.6) is 0 Å². The molecule has 7 heteroatoms. The van der Waals surface area contributed by atoms with Gasteiger partial charge < -0.3 is 0 Å². The van der Waals surface area contributed by atoms with Gasteiger partial charge in [-0.25, -0.2) is 8.42 Å². The molecule has 1 aliphatic heterocycles. The van der Waals surface area contributed by atoms with Gasteiger partial charge in [-0.3, -0.25) is 4.90 Å². The van der Waals surface area contributed by atoms with Gasteiger partial charge in [0.15, 0.2) is 0 Å². The largest absolute Gasteiger partial charge is 0.296 e. The fourth-order valence-corrected chi connectivity index (χ4v) is 4.84. The second-order valence-corrected chi connectivity index (χ2v) is 9.92. The maximum absolute atomic E-state index is 11.5. The second-order valence-electron chi connectivity index (χ2n) is 7.12. The molecule has 1 heterocycles. The van der Waals surface area contributed by atoms with E-state index in [2.05, 4.69) is 25.7 Å². The van der Waals surface area contributed by atoms with E-state index in [-0.39, 0.29) is 5.41 Å². The molecule has 0 spiro atoms. The van der Waals surface area contributed by atoms with Crippen LogP contribution >= 0.6 is 23.2 Å². The minimum absolute atomic E-state index is 0.103. The van der Waals surface area contributed by atoms with Crippen LogP contribution in [0.4, 0.5) is 0 Å². The predicted molar refractivity (Wildman–Crippen MR) is 96.9 cm³/mol. The Kier molecular flexibility index (Phi) is 5.69. The Hall–Kier alpha value is -0.330. The van der Waals surface area contributed by atoms with Crippen molar-refractivity contribution in [2.24, 2.45) is 0 Å². The minimum Gasteiger partial charge on any atom is -0.296 e. The lowest BCUT2D eigenvalue weighted by atomic mass is 9.86. The van der Waals surface area contributed by atoms with Crippen LogP contribution in [-0.2, 0) is 22.0 Å². The van der Waals surface area contributed by atoms with E-state index in [0.717, 1.165) is 17.7 Å². The number of hydrogen-bond acceptors (Lipinski definition) is 3. The van der Waals surface area contributed by atoms with E-state index < -0.39 is 10.0 Å². The van der Waals surface area contributed by atoms with Gasteiger partial charge in [-0.15, -0.1) is 0 Å². The van der Waals surface area contributed by atoms with Gasteiger partial charge in [-0.2, -0.15) is 4.31 Å². The molecule has 0 amide bonds. The lowest BCUT2D eigenvalue weighted by molar-refractivity contribution is 0.182. The van der Waals surface area contributed by atoms with E-state index in [4.69, 9.17) is 23.2 Å². The molecule has 0 N–H and O–H groups in total. The summed E-state index contributed by atoms with van der Waals surface area (Å²) in [6, 6.07) is 3.94. The molecule has 0 unspecified atom stereocenters. The molecule has 1 aromatic rings. The molecule has 0 atom stereocenters. The Balaban J connectivity index is 2.08. The van der Waals surface area contributed by atoms with E-state index in [9.17, 15) is 8.42 Å². The Bertz CT molecular complexity index is 653. The molecule has 1 aromatic carbocycles. The smallest absolute Gasteiger partial charge is 0.211 e. The molecule has 0 radical (unpaired) electrons. The van der Waals surface area contributed by atoms with Crippen LogP contribution in [0, 0.1) is 0 Å². The molecule has 0 aliphatic carbocycles. The summed E-state index contributed by atoms with van der Waals surface area (Å²) in [6.45, 7) is 9.47. The zero-order valence-corrected chi connectivity index (χ0v) is 16.4. The van der Waals surface area contributed by atoms with Gasteiger partial charge in [-0.1, -0.05) is 44.0 Å². The third-order valence-electron chi connectivity index (χ3n) is 4.06. The Labute approximate surface area is 149 Å². The van der Waals surface area contributed by atoms with Crippen molar-refractivity contribution in [1.82, 2.24) is 9.21 Å². The van der Waals surface area contributed by atoms with E-state index >= 15 is 0 Å². The van der Waals surface area contributed by atoms with Crippen molar-refractivity contribution in [3.05, 3.63) is 33.3 Å². The summed E-state index contributed by atoms with van der Waals surface area (Å²) < 4.78 is 24.6. The first-order chi connectivity index (χ1) is 10.5. The fraction of sp³-hybridized carbons (Fsp3) is 0.625. The molecular weight excluding hydrogens is 355 g/mol. The van der Waals surface area contributed by atoms with Crippen molar-refractivity contribution in [3.8, 4) is 0 Å². The highest BCUT2D eigenvalue weighted by atomic mass is 35.5. The van der Waals surface area contributed by atoms with Crippen LogP contribution < -0.4 is 0 Å². The van der Waals surface area contributed by atoms with Gasteiger partial charge in [0.1, 0.15) is 0 Å². The van der Waals surface area contributed by atoms with Crippen molar-refractivity contribution in [2.45, 2.75) is 32.7 Å². The second kappa shape index (κ2) is 6.89. The third-order valence-corrected chi connectivity index (χ3v) is 5.96. The highest BCUT2D eigenvalue weighted by Crippen LogP contribution is 2.36. The molecule has 4 nitrogen and oxygen atoms in total. The molecule has 0 aromatic heterocycles. The summed E-state index contributed by atoms with van der Waals surface area (Å²) in [7, 11) is -3.09. The molecule has 1 fully saturated rings. The van der Waals surface area contributed by atoms with Gasteiger partial charge >= 0.3 is 0 Å². The fourth-order valence-electron chi connectivity index (χ4n) is 2.91. The first kappa shape index (κ1) is 19.0. The maximum Gasteiger partial charge on any atom is 0.211 e. The van der Waals surface area contributed by atoms with Crippen LogP contribution in [0.2, 0.25) is 10.0 Å². The van der Waals surface area contributed by atoms with E-state index in [1.807, 2.05) is 12.1 Å². The van der Waals surface area contributed by atoms with Gasteiger partial charge in [0.05, 0.1) is 6.26 Å². The van der Waals surface area contributed by atoms with Crippen molar-refractivity contribution < 1.29 is 8.42 Å². The Morgan fingerprint density at radius 2 is 1.52 bits per heavy atom. The summed E-state index contributed by atoms with van der Waals surface area (Å²) in [5.41, 5.74) is 1.92. The van der Waals surface area contributed by atoms with Crippen LogP contribution in [-0.4, -0.2) is 50.1 Å². The lowest BCUT2D eigenvalue weighted by Crippen LogP contribution is -2.47. The summed E-state index contributed by atoms with van der Waals surface area (Å²) in [6.07, 6.45) is 1.26. The maximum atomic E-state index is 11.5. The Morgan fingerprint density at radius 1 is 1.04 bits per heavy atom. The van der Waals surface area contributed by atoms with Crippen molar-refractivity contribution in [1.29, 1.82) is 0 Å². The summed E-state index contributed by atoms with van der Waals surface area (Å²) in [5, 5.41) is 1.38. The van der Waals surface area contributed by atoms with Gasteiger partial charge in [0.25, 0.3) is 0 Å². The lowest BCUT2D eigenvalue weighted by Gasteiger charge is -2.33.